The van der Waals surface area contributed by atoms with Crippen molar-refractivity contribution in [1.29, 1.82) is 0 Å². The number of carboxylic acid groups (broad SMARTS) is 1. The van der Waals surface area contributed by atoms with Gasteiger partial charge in [0, 0.05) is 24.3 Å². The van der Waals surface area contributed by atoms with Crippen molar-refractivity contribution in [1.82, 2.24) is 14.5 Å². The summed E-state index contributed by atoms with van der Waals surface area (Å²) in [7, 11) is 2.05. The summed E-state index contributed by atoms with van der Waals surface area (Å²) in [4.78, 5) is 20.6. The second-order valence-electron chi connectivity index (χ2n) is 6.45. The van der Waals surface area contributed by atoms with Gasteiger partial charge in [-0.05, 0) is 43.9 Å². The number of aromatic nitrogens is 3. The molecule has 0 radical (unpaired) electrons. The third kappa shape index (κ3) is 2.84. The Kier molecular flexibility index (Phi) is 3.87. The molecule has 1 aromatic carbocycles. The van der Waals surface area contributed by atoms with Crippen LogP contribution in [0.25, 0.3) is 10.9 Å². The highest BCUT2D eigenvalue weighted by molar-refractivity contribution is 5.99. The number of imidazole rings is 1. The van der Waals surface area contributed by atoms with Crippen molar-refractivity contribution in [2.45, 2.75) is 32.2 Å². The molecule has 0 spiro atoms. The SMILES string of the molecule is Cn1c(CNc2cc(C(=O)O)cc3cccnc23)nc2c1CCCC2. The normalized spacial score (nSPS) is 13.6. The minimum Gasteiger partial charge on any atom is -0.478 e. The number of nitrogens with one attached hydrogen (secondary N) is 1. The maximum atomic E-state index is 11.4. The van der Waals surface area contributed by atoms with Crippen LogP contribution < -0.4 is 5.32 Å². The molecule has 0 unspecified atom stereocenters. The van der Waals surface area contributed by atoms with Crippen molar-refractivity contribution in [3.63, 3.8) is 0 Å². The lowest BCUT2D eigenvalue weighted by Crippen LogP contribution is -2.09. The summed E-state index contributed by atoms with van der Waals surface area (Å²) in [6, 6.07) is 6.97. The lowest BCUT2D eigenvalue weighted by molar-refractivity contribution is 0.0697. The van der Waals surface area contributed by atoms with Crippen LogP contribution in [0.4, 0.5) is 5.69 Å². The van der Waals surface area contributed by atoms with E-state index in [0.29, 0.717) is 6.54 Å². The van der Waals surface area contributed by atoms with Crippen LogP contribution in [-0.2, 0) is 26.4 Å². The van der Waals surface area contributed by atoms with Gasteiger partial charge in [-0.1, -0.05) is 6.07 Å². The maximum Gasteiger partial charge on any atom is 0.335 e. The van der Waals surface area contributed by atoms with E-state index in [4.69, 9.17) is 4.98 Å². The number of nitrogens with zero attached hydrogens (tertiary/aromatic N) is 3. The van der Waals surface area contributed by atoms with Crippen LogP contribution in [0.15, 0.2) is 30.5 Å². The highest BCUT2D eigenvalue weighted by atomic mass is 16.4. The number of rotatable bonds is 4. The molecule has 6 heteroatoms. The molecule has 25 heavy (non-hydrogen) atoms. The third-order valence-electron chi connectivity index (χ3n) is 4.86. The van der Waals surface area contributed by atoms with Crippen molar-refractivity contribution >= 4 is 22.6 Å². The molecule has 2 heterocycles. The van der Waals surface area contributed by atoms with Crippen LogP contribution >= 0.6 is 0 Å². The summed E-state index contributed by atoms with van der Waals surface area (Å²) >= 11 is 0. The summed E-state index contributed by atoms with van der Waals surface area (Å²) in [6.45, 7) is 0.540. The number of carboxylic acids is 1. The van der Waals surface area contributed by atoms with E-state index in [0.717, 1.165) is 35.3 Å². The number of benzene rings is 1. The average molecular weight is 336 g/mol. The number of anilines is 1. The van der Waals surface area contributed by atoms with Gasteiger partial charge in [0.05, 0.1) is 29.0 Å². The molecule has 0 atom stereocenters. The van der Waals surface area contributed by atoms with Crippen LogP contribution in [0.5, 0.6) is 0 Å². The van der Waals surface area contributed by atoms with E-state index in [1.165, 1.54) is 24.2 Å². The van der Waals surface area contributed by atoms with Gasteiger partial charge in [0.2, 0.25) is 0 Å². The number of aromatic carboxylic acids is 1. The van der Waals surface area contributed by atoms with Gasteiger partial charge in [0.15, 0.2) is 0 Å². The van der Waals surface area contributed by atoms with Gasteiger partial charge in [0.1, 0.15) is 5.82 Å². The first kappa shape index (κ1) is 15.6. The van der Waals surface area contributed by atoms with E-state index >= 15 is 0 Å². The monoisotopic (exact) mass is 336 g/mol. The van der Waals surface area contributed by atoms with Crippen molar-refractivity contribution < 1.29 is 9.90 Å². The number of fused-ring (bicyclic) bond motifs is 2. The highest BCUT2D eigenvalue weighted by Crippen LogP contribution is 2.25. The second-order valence-corrected chi connectivity index (χ2v) is 6.45. The van der Waals surface area contributed by atoms with Crippen molar-refractivity contribution in [3.8, 4) is 0 Å². The third-order valence-corrected chi connectivity index (χ3v) is 4.86. The smallest absolute Gasteiger partial charge is 0.335 e. The number of carbonyl (C=O) groups is 1. The van der Waals surface area contributed by atoms with Crippen LogP contribution in [-0.4, -0.2) is 25.6 Å². The molecule has 1 aliphatic rings. The van der Waals surface area contributed by atoms with Gasteiger partial charge < -0.3 is 15.0 Å². The molecular weight excluding hydrogens is 316 g/mol. The van der Waals surface area contributed by atoms with E-state index in [1.54, 1.807) is 18.3 Å². The van der Waals surface area contributed by atoms with E-state index in [9.17, 15) is 9.90 Å². The van der Waals surface area contributed by atoms with E-state index in [-0.39, 0.29) is 5.56 Å². The topological polar surface area (TPSA) is 80.0 Å². The second kappa shape index (κ2) is 6.20. The minimum absolute atomic E-state index is 0.252. The molecule has 0 amide bonds. The Morgan fingerprint density at radius 2 is 2.16 bits per heavy atom. The molecule has 1 aliphatic carbocycles. The van der Waals surface area contributed by atoms with Crippen LogP contribution in [0.1, 0.15) is 40.4 Å². The number of hydrogen-bond donors (Lipinski definition) is 2. The van der Waals surface area contributed by atoms with Gasteiger partial charge in [-0.3, -0.25) is 4.98 Å². The summed E-state index contributed by atoms with van der Waals surface area (Å²) < 4.78 is 2.16. The molecule has 6 nitrogen and oxygen atoms in total. The zero-order valence-electron chi connectivity index (χ0n) is 14.1. The Morgan fingerprint density at radius 1 is 1.32 bits per heavy atom. The average Bonchev–Trinajstić information content (AvgIpc) is 2.95. The molecule has 0 saturated carbocycles. The predicted octanol–water partition coefficient (Wildman–Crippen LogP) is 3.16. The molecule has 0 bridgehead atoms. The Labute approximate surface area is 145 Å². The van der Waals surface area contributed by atoms with Gasteiger partial charge in [-0.15, -0.1) is 0 Å². The standard InChI is InChI=1S/C19H20N4O2/c1-23-16-7-3-2-6-14(16)22-17(23)11-21-15-10-13(19(24)25)9-12-5-4-8-20-18(12)15/h4-5,8-10,21H,2-3,6-7,11H2,1H3,(H,24,25). The zero-order valence-corrected chi connectivity index (χ0v) is 14.1. The number of pyridine rings is 1. The molecular formula is C19H20N4O2. The molecule has 4 rings (SSSR count). The maximum absolute atomic E-state index is 11.4. The van der Waals surface area contributed by atoms with E-state index < -0.39 is 5.97 Å². The van der Waals surface area contributed by atoms with Gasteiger partial charge in [-0.25, -0.2) is 9.78 Å². The van der Waals surface area contributed by atoms with Crippen molar-refractivity contribution in [2.75, 3.05) is 5.32 Å². The quantitative estimate of drug-likeness (QED) is 0.765. The number of hydrogen-bond acceptors (Lipinski definition) is 4. The molecule has 0 fully saturated rings. The fourth-order valence-corrected chi connectivity index (χ4v) is 3.52. The minimum atomic E-state index is -0.943. The highest BCUT2D eigenvalue weighted by Gasteiger charge is 2.18. The van der Waals surface area contributed by atoms with Crippen LogP contribution in [0, 0.1) is 0 Å². The molecule has 2 N–H and O–H groups in total. The Balaban J connectivity index is 1.67. The van der Waals surface area contributed by atoms with Crippen molar-refractivity contribution in [3.05, 3.63) is 53.2 Å². The molecule has 2 aromatic heterocycles. The van der Waals surface area contributed by atoms with Gasteiger partial charge in [0.25, 0.3) is 0 Å². The van der Waals surface area contributed by atoms with Gasteiger partial charge in [-0.2, -0.15) is 0 Å². The first-order valence-corrected chi connectivity index (χ1v) is 8.53. The van der Waals surface area contributed by atoms with E-state index in [2.05, 4.69) is 21.9 Å². The lowest BCUT2D eigenvalue weighted by atomic mass is 10.0. The Morgan fingerprint density at radius 3 is 2.96 bits per heavy atom. The largest absolute Gasteiger partial charge is 0.478 e. The molecule has 0 saturated heterocycles. The first-order chi connectivity index (χ1) is 12.1. The molecule has 3 aromatic rings. The fourth-order valence-electron chi connectivity index (χ4n) is 3.52. The van der Waals surface area contributed by atoms with Crippen LogP contribution in [0.2, 0.25) is 0 Å². The Bertz CT molecular complexity index is 961. The summed E-state index contributed by atoms with van der Waals surface area (Å²) in [6.07, 6.45) is 6.26. The summed E-state index contributed by atoms with van der Waals surface area (Å²) in [5.74, 6) is 0.0259. The first-order valence-electron chi connectivity index (χ1n) is 8.53. The van der Waals surface area contributed by atoms with E-state index in [1.807, 2.05) is 12.1 Å². The van der Waals surface area contributed by atoms with Crippen LogP contribution in [0.3, 0.4) is 0 Å². The number of aryl methyl sites for hydroxylation is 1. The summed E-state index contributed by atoms with van der Waals surface area (Å²) in [5, 5.41) is 13.5. The Hall–Kier alpha value is -2.89. The van der Waals surface area contributed by atoms with Gasteiger partial charge >= 0.3 is 5.97 Å². The fraction of sp³-hybridized carbons (Fsp3) is 0.316. The zero-order chi connectivity index (χ0) is 17.4. The predicted molar refractivity (Wildman–Crippen MR) is 95.9 cm³/mol. The molecule has 128 valence electrons. The summed E-state index contributed by atoms with van der Waals surface area (Å²) in [5.41, 5.74) is 4.27. The molecule has 0 aliphatic heterocycles. The lowest BCUT2D eigenvalue weighted by Gasteiger charge is -2.12. The van der Waals surface area contributed by atoms with Crippen molar-refractivity contribution in [2.24, 2.45) is 7.05 Å².